The van der Waals surface area contributed by atoms with Gasteiger partial charge in [0.15, 0.2) is 11.0 Å². The lowest BCUT2D eigenvalue weighted by Gasteiger charge is -2.12. The van der Waals surface area contributed by atoms with E-state index in [4.69, 9.17) is 11.6 Å². The van der Waals surface area contributed by atoms with E-state index < -0.39 is 11.0 Å². The molecule has 6 heteroatoms. The SMILES string of the molecule is CNC1CCc2c1cn(S(=O)c1cccc(Cl)c1)c2-c1cccnc1. The van der Waals surface area contributed by atoms with E-state index in [0.29, 0.717) is 16.0 Å². The van der Waals surface area contributed by atoms with Crippen molar-refractivity contribution < 1.29 is 4.21 Å². The van der Waals surface area contributed by atoms with Crippen molar-refractivity contribution in [3.05, 3.63) is 71.1 Å². The Kier molecular flexibility index (Phi) is 4.46. The summed E-state index contributed by atoms with van der Waals surface area (Å²) in [4.78, 5) is 4.93. The molecule has 0 aliphatic heterocycles. The van der Waals surface area contributed by atoms with Gasteiger partial charge in [-0.3, -0.25) is 8.96 Å². The summed E-state index contributed by atoms with van der Waals surface area (Å²) in [7, 11) is 0.601. The van der Waals surface area contributed by atoms with Gasteiger partial charge in [-0.15, -0.1) is 0 Å². The first kappa shape index (κ1) is 16.5. The van der Waals surface area contributed by atoms with Crippen molar-refractivity contribution in [3.63, 3.8) is 0 Å². The predicted octanol–water partition coefficient (Wildman–Crippen LogP) is 3.98. The number of pyridine rings is 1. The molecule has 0 amide bonds. The molecule has 4 rings (SSSR count). The highest BCUT2D eigenvalue weighted by atomic mass is 35.5. The van der Waals surface area contributed by atoms with Gasteiger partial charge in [-0.1, -0.05) is 17.7 Å². The van der Waals surface area contributed by atoms with Crippen molar-refractivity contribution in [2.24, 2.45) is 0 Å². The van der Waals surface area contributed by atoms with Crippen LogP contribution in [0.1, 0.15) is 23.6 Å². The molecule has 0 fully saturated rings. The maximum Gasteiger partial charge on any atom is 0.157 e. The minimum Gasteiger partial charge on any atom is -0.313 e. The molecule has 25 heavy (non-hydrogen) atoms. The minimum absolute atomic E-state index is 0.294. The van der Waals surface area contributed by atoms with Gasteiger partial charge >= 0.3 is 0 Å². The quantitative estimate of drug-likeness (QED) is 0.754. The molecular weight excluding hydrogens is 354 g/mol. The molecule has 1 N–H and O–H groups in total. The van der Waals surface area contributed by atoms with Gasteiger partial charge in [-0.25, -0.2) is 4.21 Å². The molecule has 0 radical (unpaired) electrons. The van der Waals surface area contributed by atoms with Gasteiger partial charge in [0, 0.05) is 35.2 Å². The molecule has 2 unspecified atom stereocenters. The first-order valence-corrected chi connectivity index (χ1v) is 9.67. The Bertz CT molecular complexity index is 939. The fourth-order valence-corrected chi connectivity index (χ4v) is 4.97. The third kappa shape index (κ3) is 2.92. The summed E-state index contributed by atoms with van der Waals surface area (Å²) >= 11 is 6.09. The van der Waals surface area contributed by atoms with Crippen LogP contribution in [0.3, 0.4) is 0 Å². The van der Waals surface area contributed by atoms with Crippen LogP contribution in [0, 0.1) is 0 Å². The largest absolute Gasteiger partial charge is 0.313 e. The molecule has 0 saturated heterocycles. The first-order chi connectivity index (χ1) is 12.2. The predicted molar refractivity (Wildman–Crippen MR) is 101 cm³/mol. The molecule has 1 aliphatic carbocycles. The van der Waals surface area contributed by atoms with Crippen molar-refractivity contribution >= 4 is 22.6 Å². The Morgan fingerprint density at radius 3 is 2.92 bits per heavy atom. The number of aromatic nitrogens is 2. The molecule has 2 aromatic heterocycles. The van der Waals surface area contributed by atoms with E-state index in [-0.39, 0.29) is 0 Å². The van der Waals surface area contributed by atoms with Crippen LogP contribution in [0.25, 0.3) is 11.3 Å². The monoisotopic (exact) mass is 371 g/mol. The van der Waals surface area contributed by atoms with Crippen LogP contribution in [-0.2, 0) is 17.4 Å². The van der Waals surface area contributed by atoms with Gasteiger partial charge in [-0.05, 0) is 61.3 Å². The van der Waals surface area contributed by atoms with Gasteiger partial charge in [0.25, 0.3) is 0 Å². The summed E-state index contributed by atoms with van der Waals surface area (Å²) in [5.74, 6) is 0. The average molecular weight is 372 g/mol. The second-order valence-electron chi connectivity index (χ2n) is 6.07. The van der Waals surface area contributed by atoms with E-state index in [1.165, 1.54) is 11.1 Å². The lowest BCUT2D eigenvalue weighted by atomic mass is 10.1. The van der Waals surface area contributed by atoms with Crippen molar-refractivity contribution in [1.29, 1.82) is 0 Å². The molecule has 4 nitrogen and oxygen atoms in total. The number of fused-ring (bicyclic) bond motifs is 1. The Labute approximate surface area is 154 Å². The normalized spacial score (nSPS) is 17.4. The summed E-state index contributed by atoms with van der Waals surface area (Å²) in [6, 6.07) is 11.4. The molecule has 0 bridgehead atoms. The summed E-state index contributed by atoms with van der Waals surface area (Å²) in [6.07, 6.45) is 7.61. The Morgan fingerprint density at radius 1 is 1.32 bits per heavy atom. The zero-order valence-electron chi connectivity index (χ0n) is 13.8. The van der Waals surface area contributed by atoms with E-state index in [0.717, 1.165) is 24.1 Å². The van der Waals surface area contributed by atoms with Gasteiger partial charge in [0.2, 0.25) is 0 Å². The highest BCUT2D eigenvalue weighted by Crippen LogP contribution is 2.40. The second kappa shape index (κ2) is 6.75. The zero-order chi connectivity index (χ0) is 17.4. The maximum absolute atomic E-state index is 13.3. The third-order valence-electron chi connectivity index (χ3n) is 4.63. The van der Waals surface area contributed by atoms with Gasteiger partial charge in [0.05, 0.1) is 10.6 Å². The van der Waals surface area contributed by atoms with Gasteiger partial charge < -0.3 is 5.32 Å². The number of halogens is 1. The summed E-state index contributed by atoms with van der Waals surface area (Å²) in [5, 5.41) is 3.94. The average Bonchev–Trinajstić information content (AvgIpc) is 3.20. The topological polar surface area (TPSA) is 46.9 Å². The van der Waals surface area contributed by atoms with E-state index in [1.54, 1.807) is 18.3 Å². The number of hydrogen-bond donors (Lipinski definition) is 1. The van der Waals surface area contributed by atoms with Gasteiger partial charge in [0.1, 0.15) is 0 Å². The molecule has 1 aliphatic rings. The molecule has 0 saturated carbocycles. The van der Waals surface area contributed by atoms with Crippen LogP contribution in [-0.4, -0.2) is 20.2 Å². The fraction of sp³-hybridized carbons (Fsp3) is 0.211. The van der Waals surface area contributed by atoms with Crippen molar-refractivity contribution in [2.75, 3.05) is 7.05 Å². The van der Waals surface area contributed by atoms with E-state index >= 15 is 0 Å². The second-order valence-corrected chi connectivity index (χ2v) is 7.87. The maximum atomic E-state index is 13.3. The molecule has 2 heterocycles. The lowest BCUT2D eigenvalue weighted by Crippen LogP contribution is -2.13. The summed E-state index contributed by atoms with van der Waals surface area (Å²) < 4.78 is 15.1. The van der Waals surface area contributed by atoms with Crippen LogP contribution in [0.15, 0.2) is 59.9 Å². The van der Waals surface area contributed by atoms with Gasteiger partial charge in [-0.2, -0.15) is 0 Å². The van der Waals surface area contributed by atoms with E-state index in [2.05, 4.69) is 10.3 Å². The van der Waals surface area contributed by atoms with Crippen LogP contribution in [0.2, 0.25) is 5.02 Å². The standard InChI is InChI=1S/C19H18ClN3OS/c1-21-18-8-7-16-17(18)12-23(19(16)13-4-3-9-22-11-13)25(24)15-6-2-5-14(20)10-15/h2-6,9-12,18,21H,7-8H2,1H3. The van der Waals surface area contributed by atoms with Crippen LogP contribution < -0.4 is 5.32 Å². The van der Waals surface area contributed by atoms with E-state index in [1.807, 2.05) is 47.7 Å². The van der Waals surface area contributed by atoms with Crippen molar-refractivity contribution in [1.82, 2.24) is 14.3 Å². The number of benzene rings is 1. The third-order valence-corrected chi connectivity index (χ3v) is 6.17. The number of nitrogens with zero attached hydrogens (tertiary/aromatic N) is 2. The smallest absolute Gasteiger partial charge is 0.157 e. The summed E-state index contributed by atoms with van der Waals surface area (Å²) in [6.45, 7) is 0. The molecule has 0 spiro atoms. The van der Waals surface area contributed by atoms with E-state index in [9.17, 15) is 4.21 Å². The fourth-order valence-electron chi connectivity index (χ4n) is 3.47. The van der Waals surface area contributed by atoms with Crippen LogP contribution >= 0.6 is 11.6 Å². The molecule has 128 valence electrons. The Balaban J connectivity index is 1.89. The number of rotatable bonds is 4. The molecule has 3 aromatic rings. The van der Waals surface area contributed by atoms with Crippen molar-refractivity contribution in [2.45, 2.75) is 23.8 Å². The first-order valence-electron chi connectivity index (χ1n) is 8.18. The number of nitrogens with one attached hydrogen (secondary N) is 1. The molecule has 1 aromatic carbocycles. The van der Waals surface area contributed by atoms with Crippen molar-refractivity contribution in [3.8, 4) is 11.3 Å². The Morgan fingerprint density at radius 2 is 2.20 bits per heavy atom. The lowest BCUT2D eigenvalue weighted by molar-refractivity contribution is 0.587. The van der Waals surface area contributed by atoms with Crippen LogP contribution in [0.5, 0.6) is 0 Å². The van der Waals surface area contributed by atoms with Crippen LogP contribution in [0.4, 0.5) is 0 Å². The zero-order valence-corrected chi connectivity index (χ0v) is 15.3. The highest BCUT2D eigenvalue weighted by Gasteiger charge is 2.29. The highest BCUT2D eigenvalue weighted by molar-refractivity contribution is 7.83. The summed E-state index contributed by atoms with van der Waals surface area (Å²) in [5.41, 5.74) is 4.44. The molecule has 2 atom stereocenters. The molecular formula is C19H18ClN3OS. The Hall–Kier alpha value is -1.95. The number of hydrogen-bond acceptors (Lipinski definition) is 3. The minimum atomic E-state index is -1.37.